The molecule has 35 heavy (non-hydrogen) atoms. The van der Waals surface area contributed by atoms with E-state index in [-0.39, 0.29) is 12.3 Å². The highest BCUT2D eigenvalue weighted by molar-refractivity contribution is 5.22. The zero-order valence-corrected chi connectivity index (χ0v) is 20.6. The lowest BCUT2D eigenvalue weighted by molar-refractivity contribution is -0.193. The van der Waals surface area contributed by atoms with Gasteiger partial charge in [0.25, 0.3) is 0 Å². The third kappa shape index (κ3) is 9.56. The molecule has 2 unspecified atom stereocenters. The predicted octanol–water partition coefficient (Wildman–Crippen LogP) is 4.74. The summed E-state index contributed by atoms with van der Waals surface area (Å²) in [6.45, 7) is 10.5. The van der Waals surface area contributed by atoms with Crippen LogP contribution in [0.1, 0.15) is 54.0 Å². The Hall–Kier alpha value is -4.38. The van der Waals surface area contributed by atoms with Crippen molar-refractivity contribution in [3.8, 4) is 0 Å². The predicted molar refractivity (Wildman–Crippen MR) is 129 cm³/mol. The van der Waals surface area contributed by atoms with Gasteiger partial charge in [-0.2, -0.15) is 29.4 Å². The van der Waals surface area contributed by atoms with Gasteiger partial charge in [0.05, 0.1) is 23.5 Å². The van der Waals surface area contributed by atoms with E-state index in [1.807, 2.05) is 47.6 Å². The SMILES string of the molecule is Cc1ccn(C(C)c2ccccc2)n1.Cc1cn(C(C)c2ccccc2)nc1C.O=C=O.O=C=O. The maximum Gasteiger partial charge on any atom is 0.373 e. The summed E-state index contributed by atoms with van der Waals surface area (Å²) in [6.07, 6.45) is 4.62. The molecular weight excluding hydrogens is 444 g/mol. The fourth-order valence-corrected chi connectivity index (χ4v) is 3.19. The van der Waals surface area contributed by atoms with E-state index in [1.165, 1.54) is 16.7 Å². The molecule has 0 N–H and O–H groups in total. The largest absolute Gasteiger partial charge is 0.373 e. The molecule has 0 bridgehead atoms. The Kier molecular flexibility index (Phi) is 12.7. The third-order valence-electron chi connectivity index (χ3n) is 5.26. The molecule has 0 saturated carbocycles. The molecule has 0 fully saturated rings. The minimum Gasteiger partial charge on any atom is -0.265 e. The lowest BCUT2D eigenvalue weighted by atomic mass is 10.1. The van der Waals surface area contributed by atoms with Crippen molar-refractivity contribution in [2.75, 3.05) is 0 Å². The van der Waals surface area contributed by atoms with Crippen molar-refractivity contribution in [2.24, 2.45) is 0 Å². The van der Waals surface area contributed by atoms with Crippen LogP contribution in [0.4, 0.5) is 0 Å². The average Bonchev–Trinajstić information content (AvgIpc) is 3.45. The highest BCUT2D eigenvalue weighted by atomic mass is 16.2. The summed E-state index contributed by atoms with van der Waals surface area (Å²) in [5.74, 6) is 0. The average molecular weight is 475 g/mol. The number of hydrogen-bond donors (Lipinski definition) is 0. The molecule has 182 valence electrons. The molecule has 2 heterocycles. The van der Waals surface area contributed by atoms with Crippen LogP contribution in [0.25, 0.3) is 0 Å². The van der Waals surface area contributed by atoms with Crippen LogP contribution in [0.2, 0.25) is 0 Å². The second-order valence-corrected chi connectivity index (χ2v) is 7.65. The Morgan fingerprint density at radius 3 is 1.43 bits per heavy atom. The van der Waals surface area contributed by atoms with E-state index in [4.69, 9.17) is 19.2 Å². The van der Waals surface area contributed by atoms with E-state index < -0.39 is 0 Å². The molecule has 8 nitrogen and oxygen atoms in total. The number of carbonyl (C=O) groups excluding carboxylic acids is 4. The Morgan fingerprint density at radius 2 is 1.09 bits per heavy atom. The highest BCUT2D eigenvalue weighted by Gasteiger charge is 2.09. The van der Waals surface area contributed by atoms with Gasteiger partial charge >= 0.3 is 12.3 Å². The van der Waals surface area contributed by atoms with Crippen molar-refractivity contribution in [3.05, 3.63) is 107 Å². The molecule has 4 rings (SSSR count). The van der Waals surface area contributed by atoms with Gasteiger partial charge in [0.2, 0.25) is 0 Å². The van der Waals surface area contributed by atoms with Crippen LogP contribution in [0, 0.1) is 20.8 Å². The van der Waals surface area contributed by atoms with Crippen LogP contribution in [-0.4, -0.2) is 31.9 Å². The van der Waals surface area contributed by atoms with Crippen molar-refractivity contribution < 1.29 is 19.2 Å². The number of benzene rings is 2. The normalized spacial score (nSPS) is 11.0. The van der Waals surface area contributed by atoms with Crippen LogP contribution in [0.3, 0.4) is 0 Å². The van der Waals surface area contributed by atoms with Crippen molar-refractivity contribution >= 4 is 12.3 Å². The Morgan fingerprint density at radius 1 is 0.657 bits per heavy atom. The van der Waals surface area contributed by atoms with E-state index in [0.717, 1.165) is 11.4 Å². The first-order valence-corrected chi connectivity index (χ1v) is 10.9. The van der Waals surface area contributed by atoms with Gasteiger partial charge in [0.1, 0.15) is 0 Å². The second kappa shape index (κ2) is 15.5. The number of aromatic nitrogens is 4. The fraction of sp³-hybridized carbons (Fsp3) is 0.259. The van der Waals surface area contributed by atoms with E-state index in [1.54, 1.807) is 0 Å². The standard InChI is InChI=1S/C13H16N2.C12H14N2.2CO2/c1-10-9-15(14-11(10)2)12(3)13-7-5-4-6-8-13;1-10-8-9-14(13-10)11(2)12-6-4-3-5-7-12;2*2-1-3/h4-9,12H,1-3H3;3-9,11H,1-2H3;;. The van der Waals surface area contributed by atoms with E-state index in [0.29, 0.717) is 12.1 Å². The van der Waals surface area contributed by atoms with Crippen molar-refractivity contribution in [1.82, 2.24) is 19.6 Å². The Labute approximate surface area is 205 Å². The third-order valence-corrected chi connectivity index (χ3v) is 5.26. The first kappa shape index (κ1) is 28.7. The van der Waals surface area contributed by atoms with Crippen LogP contribution < -0.4 is 0 Å². The van der Waals surface area contributed by atoms with Crippen molar-refractivity contribution in [3.63, 3.8) is 0 Å². The molecule has 2 aromatic carbocycles. The summed E-state index contributed by atoms with van der Waals surface area (Å²) >= 11 is 0. The van der Waals surface area contributed by atoms with Gasteiger partial charge in [-0.15, -0.1) is 0 Å². The molecule has 0 aliphatic rings. The van der Waals surface area contributed by atoms with E-state index in [9.17, 15) is 0 Å². The zero-order chi connectivity index (χ0) is 26.2. The molecule has 0 amide bonds. The molecule has 2 atom stereocenters. The van der Waals surface area contributed by atoms with Crippen LogP contribution >= 0.6 is 0 Å². The van der Waals surface area contributed by atoms with Gasteiger partial charge in [0.15, 0.2) is 0 Å². The van der Waals surface area contributed by atoms with Crippen molar-refractivity contribution in [1.29, 1.82) is 0 Å². The van der Waals surface area contributed by atoms with E-state index >= 15 is 0 Å². The maximum atomic E-state index is 8.12. The Balaban J connectivity index is 0.000000287. The summed E-state index contributed by atoms with van der Waals surface area (Å²) in [6, 6.07) is 23.5. The molecule has 0 radical (unpaired) electrons. The maximum absolute atomic E-state index is 8.12. The summed E-state index contributed by atoms with van der Waals surface area (Å²) in [5, 5.41) is 8.91. The summed E-state index contributed by atoms with van der Waals surface area (Å²) in [7, 11) is 0. The van der Waals surface area contributed by atoms with Crippen LogP contribution in [0.15, 0.2) is 79.1 Å². The zero-order valence-electron chi connectivity index (χ0n) is 20.6. The molecule has 4 aromatic rings. The summed E-state index contributed by atoms with van der Waals surface area (Å²) in [5.41, 5.74) is 6.00. The highest BCUT2D eigenvalue weighted by Crippen LogP contribution is 2.18. The summed E-state index contributed by atoms with van der Waals surface area (Å²) < 4.78 is 4.02. The van der Waals surface area contributed by atoms with Gasteiger partial charge in [-0.1, -0.05) is 60.7 Å². The van der Waals surface area contributed by atoms with Gasteiger partial charge in [-0.25, -0.2) is 0 Å². The molecule has 0 saturated heterocycles. The molecule has 8 heteroatoms. The minimum atomic E-state index is 0.250. The molecule has 0 spiro atoms. The van der Waals surface area contributed by atoms with Crippen LogP contribution in [-0.2, 0) is 19.2 Å². The van der Waals surface area contributed by atoms with Gasteiger partial charge in [-0.05, 0) is 57.4 Å². The van der Waals surface area contributed by atoms with Crippen LogP contribution in [0.5, 0.6) is 0 Å². The monoisotopic (exact) mass is 474 g/mol. The molecule has 0 aliphatic heterocycles. The minimum absolute atomic E-state index is 0.250. The first-order valence-electron chi connectivity index (χ1n) is 10.9. The lowest BCUT2D eigenvalue weighted by Gasteiger charge is -2.12. The second-order valence-electron chi connectivity index (χ2n) is 7.65. The topological polar surface area (TPSA) is 104 Å². The number of rotatable bonds is 4. The number of hydrogen-bond acceptors (Lipinski definition) is 6. The van der Waals surface area contributed by atoms with Crippen molar-refractivity contribution in [2.45, 2.75) is 46.7 Å². The molecule has 0 aliphatic carbocycles. The first-order chi connectivity index (χ1) is 16.8. The number of aryl methyl sites for hydroxylation is 3. The number of nitrogens with zero attached hydrogens (tertiary/aromatic N) is 4. The smallest absolute Gasteiger partial charge is 0.265 e. The quantitative estimate of drug-likeness (QED) is 0.423. The van der Waals surface area contributed by atoms with Gasteiger partial charge < -0.3 is 0 Å². The molecule has 2 aromatic heterocycles. The Bertz CT molecular complexity index is 1170. The summed E-state index contributed by atoms with van der Waals surface area (Å²) in [4.78, 5) is 32.5. The lowest BCUT2D eigenvalue weighted by Crippen LogP contribution is -2.07. The van der Waals surface area contributed by atoms with Gasteiger partial charge in [0, 0.05) is 12.4 Å². The fourth-order valence-electron chi connectivity index (χ4n) is 3.19. The van der Waals surface area contributed by atoms with Gasteiger partial charge in [-0.3, -0.25) is 9.36 Å². The molecular formula is C27H30N4O4. The van der Waals surface area contributed by atoms with E-state index in [2.05, 4.69) is 85.7 Å².